The second-order valence-electron chi connectivity index (χ2n) is 8.35. The predicted octanol–water partition coefficient (Wildman–Crippen LogP) is 8.66. The molecule has 0 spiro atoms. The molecular formula is C24H39F3OSn. The molecule has 0 heterocycles. The topological polar surface area (TPSA) is 9.23 Å². The molecule has 0 aliphatic carbocycles. The molecule has 0 radical (unpaired) electrons. The Kier molecular flexibility index (Phi) is 12.4. The molecule has 1 rings (SSSR count). The second kappa shape index (κ2) is 13.6. The summed E-state index contributed by atoms with van der Waals surface area (Å²) in [5.74, 6) is 0.489. The molecule has 166 valence electrons. The average molecular weight is 519 g/mol. The van der Waals surface area contributed by atoms with E-state index in [1.54, 1.807) is 6.07 Å². The van der Waals surface area contributed by atoms with Gasteiger partial charge < -0.3 is 0 Å². The molecule has 1 aromatic rings. The van der Waals surface area contributed by atoms with Crippen molar-refractivity contribution in [3.05, 3.63) is 40.0 Å². The molecule has 0 unspecified atom stereocenters. The summed E-state index contributed by atoms with van der Waals surface area (Å²) in [6, 6.07) is 5.16. The van der Waals surface area contributed by atoms with Crippen LogP contribution in [-0.2, 0) is 6.18 Å². The van der Waals surface area contributed by atoms with E-state index in [1.807, 2.05) is 0 Å². The van der Waals surface area contributed by atoms with Gasteiger partial charge in [0.05, 0.1) is 0 Å². The van der Waals surface area contributed by atoms with Crippen LogP contribution in [-0.4, -0.2) is 25.0 Å². The van der Waals surface area contributed by atoms with E-state index in [0.717, 1.165) is 12.1 Å². The fraction of sp³-hybridized carbons (Fsp3) is 0.667. The molecule has 5 heteroatoms. The third-order valence-corrected chi connectivity index (χ3v) is 19.7. The van der Waals surface area contributed by atoms with E-state index in [2.05, 4.69) is 37.9 Å². The van der Waals surface area contributed by atoms with Gasteiger partial charge in [-0.05, 0) is 0 Å². The van der Waals surface area contributed by atoms with Gasteiger partial charge in [-0.1, -0.05) is 0 Å². The summed E-state index contributed by atoms with van der Waals surface area (Å²) in [4.78, 5) is 0. The number of alkyl halides is 3. The molecular weight excluding hydrogens is 480 g/mol. The van der Waals surface area contributed by atoms with Crippen LogP contribution in [0.3, 0.4) is 0 Å². The summed E-state index contributed by atoms with van der Waals surface area (Å²) in [5, 5.41) is 0. The fourth-order valence-electron chi connectivity index (χ4n) is 3.63. The second-order valence-corrected chi connectivity index (χ2v) is 21.4. The fourth-order valence-corrected chi connectivity index (χ4v) is 18.4. The number of unbranched alkanes of at least 4 members (excludes halogenated alkanes) is 3. The van der Waals surface area contributed by atoms with E-state index < -0.39 is 30.1 Å². The first-order chi connectivity index (χ1) is 13.8. The van der Waals surface area contributed by atoms with Gasteiger partial charge in [-0.3, -0.25) is 0 Å². The van der Waals surface area contributed by atoms with Crippen molar-refractivity contribution in [1.82, 2.24) is 0 Å². The van der Waals surface area contributed by atoms with E-state index in [4.69, 9.17) is 4.74 Å². The zero-order valence-electron chi connectivity index (χ0n) is 18.7. The van der Waals surface area contributed by atoms with Crippen molar-refractivity contribution >= 4 is 18.4 Å². The van der Waals surface area contributed by atoms with Crippen LogP contribution in [0.25, 0.3) is 0 Å². The van der Waals surface area contributed by atoms with Crippen molar-refractivity contribution < 1.29 is 17.9 Å². The summed E-state index contributed by atoms with van der Waals surface area (Å²) in [7, 11) is 0. The monoisotopic (exact) mass is 520 g/mol. The van der Waals surface area contributed by atoms with Crippen LogP contribution in [0.1, 0.15) is 71.8 Å². The first-order valence-electron chi connectivity index (χ1n) is 11.3. The third kappa shape index (κ3) is 10.3. The van der Waals surface area contributed by atoms with Gasteiger partial charge in [0, 0.05) is 0 Å². The van der Waals surface area contributed by atoms with E-state index >= 15 is 0 Å². The molecule has 0 amide bonds. The van der Waals surface area contributed by atoms with Crippen LogP contribution in [0, 0.1) is 5.92 Å². The first-order valence-corrected chi connectivity index (χ1v) is 19.0. The number of hydrogen-bond acceptors (Lipinski definition) is 1. The SMILES string of the molecule is CCC[CH2][Sn](/[CH]=C\[C@@H](C)COc1cccc(C(F)(F)F)c1)([CH2]CCC)[CH2]CCC. The molecule has 0 bridgehead atoms. The van der Waals surface area contributed by atoms with Crippen molar-refractivity contribution in [3.8, 4) is 5.75 Å². The summed E-state index contributed by atoms with van der Waals surface area (Å²) < 4.78 is 51.1. The molecule has 0 aliphatic rings. The van der Waals surface area contributed by atoms with Gasteiger partial charge in [-0.2, -0.15) is 0 Å². The summed E-state index contributed by atoms with van der Waals surface area (Å²) in [5.41, 5.74) is -0.660. The molecule has 0 aromatic heterocycles. The maximum absolute atomic E-state index is 12.9. The average Bonchev–Trinajstić information content (AvgIpc) is 2.70. The van der Waals surface area contributed by atoms with Gasteiger partial charge in [0.1, 0.15) is 0 Å². The zero-order chi connectivity index (χ0) is 21.8. The van der Waals surface area contributed by atoms with Crippen LogP contribution in [0.2, 0.25) is 13.3 Å². The van der Waals surface area contributed by atoms with E-state index in [-0.39, 0.29) is 11.7 Å². The van der Waals surface area contributed by atoms with Crippen LogP contribution in [0.5, 0.6) is 5.75 Å². The zero-order valence-corrected chi connectivity index (χ0v) is 21.5. The van der Waals surface area contributed by atoms with Gasteiger partial charge in [0.25, 0.3) is 0 Å². The van der Waals surface area contributed by atoms with Gasteiger partial charge in [0.15, 0.2) is 0 Å². The number of ether oxygens (including phenoxy) is 1. The van der Waals surface area contributed by atoms with Crippen LogP contribution in [0.15, 0.2) is 34.4 Å². The number of benzene rings is 1. The minimum atomic E-state index is -4.34. The Bertz CT molecular complexity index is 576. The first kappa shape index (κ1) is 26.4. The number of hydrogen-bond donors (Lipinski definition) is 0. The van der Waals surface area contributed by atoms with E-state index in [1.165, 1.54) is 57.9 Å². The minimum absolute atomic E-state index is 0.200. The number of rotatable bonds is 14. The van der Waals surface area contributed by atoms with Gasteiger partial charge in [-0.25, -0.2) is 0 Å². The summed E-state index contributed by atoms with van der Waals surface area (Å²) in [6.45, 7) is 9.32. The van der Waals surface area contributed by atoms with Gasteiger partial charge >= 0.3 is 180 Å². The standard InChI is InChI=1S/C12H12F3O.3C4H9.Sn/c1-3-9(2)8-16-11-6-4-5-10(7-11)12(13,14)15;3*1-3-4-2;/h1,3-7,9H,8H2,2H3;3*1,3-4H2,2H3;/t9-;;;;/m1..../s1. The van der Waals surface area contributed by atoms with Crippen molar-refractivity contribution in [2.45, 2.75) is 85.7 Å². The van der Waals surface area contributed by atoms with Crippen molar-refractivity contribution in [2.24, 2.45) is 5.92 Å². The molecule has 0 fully saturated rings. The molecule has 1 nitrogen and oxygen atoms in total. The Morgan fingerprint density at radius 1 is 0.966 bits per heavy atom. The Morgan fingerprint density at radius 3 is 2.00 bits per heavy atom. The van der Waals surface area contributed by atoms with Crippen LogP contribution < -0.4 is 4.74 Å². The van der Waals surface area contributed by atoms with Crippen molar-refractivity contribution in [2.75, 3.05) is 6.61 Å². The summed E-state index contributed by atoms with van der Waals surface area (Å²) in [6.07, 6.45) is 5.69. The Hall–Kier alpha value is -0.651. The predicted molar refractivity (Wildman–Crippen MR) is 120 cm³/mol. The number of halogens is 3. The molecule has 29 heavy (non-hydrogen) atoms. The maximum atomic E-state index is 12.9. The molecule has 0 saturated heterocycles. The van der Waals surface area contributed by atoms with E-state index in [9.17, 15) is 13.2 Å². The normalized spacial score (nSPS) is 13.8. The van der Waals surface area contributed by atoms with Crippen LogP contribution in [0.4, 0.5) is 13.2 Å². The quantitative estimate of drug-likeness (QED) is 0.224. The summed E-state index contributed by atoms with van der Waals surface area (Å²) >= 11 is -2.31. The van der Waals surface area contributed by atoms with Crippen LogP contribution >= 0.6 is 0 Å². The Morgan fingerprint density at radius 2 is 1.52 bits per heavy atom. The molecule has 1 atom stereocenters. The van der Waals surface area contributed by atoms with E-state index in [0.29, 0.717) is 6.61 Å². The molecule has 0 saturated carbocycles. The Labute approximate surface area is 180 Å². The van der Waals surface area contributed by atoms with Crippen molar-refractivity contribution in [1.29, 1.82) is 0 Å². The molecule has 0 aliphatic heterocycles. The van der Waals surface area contributed by atoms with Gasteiger partial charge in [0.2, 0.25) is 0 Å². The van der Waals surface area contributed by atoms with Gasteiger partial charge in [-0.15, -0.1) is 0 Å². The third-order valence-electron chi connectivity index (χ3n) is 5.54. The Balaban J connectivity index is 2.78. The van der Waals surface area contributed by atoms with Crippen molar-refractivity contribution in [3.63, 3.8) is 0 Å². The molecule has 0 N–H and O–H groups in total. The molecule has 1 aromatic carbocycles.